The molecule has 3 heterocycles. The summed E-state index contributed by atoms with van der Waals surface area (Å²) in [5.41, 5.74) is 3.36. The van der Waals surface area contributed by atoms with Crippen LogP contribution in [0.5, 0.6) is 0 Å². The molecule has 122 valence electrons. The molecule has 4 rings (SSSR count). The van der Waals surface area contributed by atoms with E-state index >= 15 is 0 Å². The van der Waals surface area contributed by atoms with Gasteiger partial charge in [0, 0.05) is 13.1 Å². The van der Waals surface area contributed by atoms with Crippen molar-refractivity contribution >= 4 is 11.5 Å². The van der Waals surface area contributed by atoms with Crippen molar-refractivity contribution in [3.63, 3.8) is 0 Å². The first-order valence-corrected chi connectivity index (χ1v) is 8.69. The zero-order valence-corrected chi connectivity index (χ0v) is 13.5. The largest absolute Gasteiger partial charge is 0.456 e. The van der Waals surface area contributed by atoms with E-state index in [1.807, 2.05) is 30.3 Å². The summed E-state index contributed by atoms with van der Waals surface area (Å²) in [5, 5.41) is 3.47. The van der Waals surface area contributed by atoms with Crippen molar-refractivity contribution in [2.24, 2.45) is 5.41 Å². The third-order valence-electron chi connectivity index (χ3n) is 5.77. The molecule has 1 N–H and O–H groups in total. The zero-order chi connectivity index (χ0) is 15.7. The first-order valence-electron chi connectivity index (χ1n) is 8.69. The van der Waals surface area contributed by atoms with Gasteiger partial charge in [0.2, 0.25) is 0 Å². The fourth-order valence-electron chi connectivity index (χ4n) is 4.24. The number of hydrogen-bond donors (Lipinski definition) is 1. The fraction of sp³-hybridized carbons (Fsp3) is 0.526. The molecule has 0 bridgehead atoms. The Hall–Kier alpha value is -1.81. The Bertz CT molecular complexity index is 608. The van der Waals surface area contributed by atoms with Gasteiger partial charge in [0.1, 0.15) is 6.61 Å². The standard InChI is InChI=1S/C19H24N2O2/c22-18-17(15-4-2-1-3-5-15)16(14-23-18)21-12-8-19(9-13-21)6-10-20-11-7-19/h1-5,20H,6-14H2. The maximum Gasteiger partial charge on any atom is 0.341 e. The highest BCUT2D eigenvalue weighted by Crippen LogP contribution is 2.41. The normalized spacial score (nSPS) is 24.2. The molecule has 2 saturated heterocycles. The van der Waals surface area contributed by atoms with E-state index in [0.29, 0.717) is 12.0 Å². The summed E-state index contributed by atoms with van der Waals surface area (Å²) < 4.78 is 5.36. The van der Waals surface area contributed by atoms with Crippen LogP contribution in [0.3, 0.4) is 0 Å². The minimum absolute atomic E-state index is 0.173. The number of carbonyl (C=O) groups is 1. The Balaban J connectivity index is 1.55. The molecule has 0 radical (unpaired) electrons. The molecule has 0 aromatic heterocycles. The smallest absolute Gasteiger partial charge is 0.341 e. The average Bonchev–Trinajstić information content (AvgIpc) is 2.99. The number of ether oxygens (including phenoxy) is 1. The molecule has 1 aromatic rings. The second-order valence-electron chi connectivity index (χ2n) is 7.00. The fourth-order valence-corrected chi connectivity index (χ4v) is 4.24. The van der Waals surface area contributed by atoms with Crippen LogP contribution >= 0.6 is 0 Å². The molecule has 23 heavy (non-hydrogen) atoms. The first-order chi connectivity index (χ1) is 11.3. The number of nitrogens with zero attached hydrogens (tertiary/aromatic N) is 1. The van der Waals surface area contributed by atoms with Crippen molar-refractivity contribution in [1.29, 1.82) is 0 Å². The molecule has 0 unspecified atom stereocenters. The summed E-state index contributed by atoms with van der Waals surface area (Å²) >= 11 is 0. The van der Waals surface area contributed by atoms with Crippen LogP contribution in [0, 0.1) is 5.41 Å². The molecule has 1 spiro atoms. The van der Waals surface area contributed by atoms with Gasteiger partial charge >= 0.3 is 5.97 Å². The number of benzene rings is 1. The number of hydrogen-bond acceptors (Lipinski definition) is 4. The number of cyclic esters (lactones) is 1. The van der Waals surface area contributed by atoms with Crippen LogP contribution in [0.25, 0.3) is 5.57 Å². The Kier molecular flexibility index (Phi) is 3.85. The minimum atomic E-state index is -0.173. The molecular formula is C19H24N2O2. The van der Waals surface area contributed by atoms with Crippen molar-refractivity contribution in [3.8, 4) is 0 Å². The molecule has 0 amide bonds. The van der Waals surface area contributed by atoms with Gasteiger partial charge < -0.3 is 15.0 Å². The molecule has 4 heteroatoms. The van der Waals surface area contributed by atoms with Crippen LogP contribution < -0.4 is 5.32 Å². The van der Waals surface area contributed by atoms with E-state index in [0.717, 1.165) is 43.0 Å². The van der Waals surface area contributed by atoms with Crippen LogP contribution in [-0.4, -0.2) is 43.7 Å². The third kappa shape index (κ3) is 2.76. The summed E-state index contributed by atoms with van der Waals surface area (Å²) in [6.45, 7) is 4.82. The molecule has 2 fully saturated rings. The summed E-state index contributed by atoms with van der Waals surface area (Å²) in [6, 6.07) is 9.93. The highest BCUT2D eigenvalue weighted by atomic mass is 16.5. The van der Waals surface area contributed by atoms with Gasteiger partial charge in [0.15, 0.2) is 0 Å². The predicted octanol–water partition coefficient (Wildman–Crippen LogP) is 2.42. The van der Waals surface area contributed by atoms with Crippen LogP contribution in [-0.2, 0) is 9.53 Å². The molecule has 0 saturated carbocycles. The van der Waals surface area contributed by atoms with E-state index in [-0.39, 0.29) is 5.97 Å². The maximum atomic E-state index is 12.2. The minimum Gasteiger partial charge on any atom is -0.456 e. The molecule has 4 nitrogen and oxygen atoms in total. The quantitative estimate of drug-likeness (QED) is 0.852. The zero-order valence-electron chi connectivity index (χ0n) is 13.5. The lowest BCUT2D eigenvalue weighted by Crippen LogP contribution is -2.45. The van der Waals surface area contributed by atoms with Crippen LogP contribution in [0.4, 0.5) is 0 Å². The lowest BCUT2D eigenvalue weighted by Gasteiger charge is -2.45. The number of piperidine rings is 2. The lowest BCUT2D eigenvalue weighted by atomic mass is 9.71. The maximum absolute atomic E-state index is 12.2. The summed E-state index contributed by atoms with van der Waals surface area (Å²) in [7, 11) is 0. The van der Waals surface area contributed by atoms with Crippen molar-refractivity contribution in [2.45, 2.75) is 25.7 Å². The first kappa shape index (κ1) is 14.8. The third-order valence-corrected chi connectivity index (χ3v) is 5.77. The molecule has 3 aliphatic rings. The van der Waals surface area contributed by atoms with Crippen molar-refractivity contribution in [2.75, 3.05) is 32.8 Å². The van der Waals surface area contributed by atoms with E-state index in [1.54, 1.807) is 0 Å². The second-order valence-corrected chi connectivity index (χ2v) is 7.00. The van der Waals surface area contributed by atoms with Gasteiger partial charge in [-0.15, -0.1) is 0 Å². The van der Waals surface area contributed by atoms with Crippen LogP contribution in [0.2, 0.25) is 0 Å². The molecule has 1 aromatic carbocycles. The van der Waals surface area contributed by atoms with Crippen LogP contribution in [0.15, 0.2) is 36.0 Å². The summed E-state index contributed by atoms with van der Waals surface area (Å²) in [4.78, 5) is 14.6. The lowest BCUT2D eigenvalue weighted by molar-refractivity contribution is -0.134. The molecule has 3 aliphatic heterocycles. The molecule has 0 aliphatic carbocycles. The molecular weight excluding hydrogens is 288 g/mol. The van der Waals surface area contributed by atoms with Gasteiger partial charge in [0.05, 0.1) is 11.3 Å². The van der Waals surface area contributed by atoms with Gasteiger partial charge in [-0.1, -0.05) is 30.3 Å². The van der Waals surface area contributed by atoms with Crippen molar-refractivity contribution < 1.29 is 9.53 Å². The van der Waals surface area contributed by atoms with Crippen molar-refractivity contribution in [1.82, 2.24) is 10.2 Å². The number of rotatable bonds is 2. The van der Waals surface area contributed by atoms with E-state index < -0.39 is 0 Å². The summed E-state index contributed by atoms with van der Waals surface area (Å²) in [6.07, 6.45) is 5.05. The highest BCUT2D eigenvalue weighted by molar-refractivity contribution is 6.19. The Morgan fingerprint density at radius 2 is 1.70 bits per heavy atom. The van der Waals surface area contributed by atoms with E-state index in [1.165, 1.54) is 25.7 Å². The SMILES string of the molecule is O=C1OCC(N2CCC3(CCNCC3)CC2)=C1c1ccccc1. The highest BCUT2D eigenvalue weighted by Gasteiger charge is 2.38. The van der Waals surface area contributed by atoms with Gasteiger partial charge in [-0.25, -0.2) is 4.79 Å². The second kappa shape index (κ2) is 6.00. The van der Waals surface area contributed by atoms with E-state index in [2.05, 4.69) is 10.2 Å². The number of esters is 1. The monoisotopic (exact) mass is 312 g/mol. The van der Waals surface area contributed by atoms with Gasteiger partial charge in [-0.3, -0.25) is 0 Å². The van der Waals surface area contributed by atoms with Gasteiger partial charge in [-0.2, -0.15) is 0 Å². The number of likely N-dealkylation sites (tertiary alicyclic amines) is 1. The Labute approximate surface area is 137 Å². The van der Waals surface area contributed by atoms with E-state index in [4.69, 9.17) is 4.74 Å². The number of nitrogens with one attached hydrogen (secondary N) is 1. The molecule has 0 atom stereocenters. The van der Waals surface area contributed by atoms with Crippen molar-refractivity contribution in [3.05, 3.63) is 41.6 Å². The predicted molar refractivity (Wildman–Crippen MR) is 89.7 cm³/mol. The van der Waals surface area contributed by atoms with E-state index in [9.17, 15) is 4.79 Å². The average molecular weight is 312 g/mol. The van der Waals surface area contributed by atoms with Gasteiger partial charge in [-0.05, 0) is 49.8 Å². The number of carbonyl (C=O) groups excluding carboxylic acids is 1. The van der Waals surface area contributed by atoms with Gasteiger partial charge in [0.25, 0.3) is 0 Å². The topological polar surface area (TPSA) is 41.6 Å². The Morgan fingerprint density at radius 3 is 2.39 bits per heavy atom. The summed E-state index contributed by atoms with van der Waals surface area (Å²) in [5.74, 6) is -0.173. The van der Waals surface area contributed by atoms with Crippen LogP contribution in [0.1, 0.15) is 31.2 Å². The Morgan fingerprint density at radius 1 is 1.00 bits per heavy atom.